The van der Waals surface area contributed by atoms with Crippen LogP contribution in [0.15, 0.2) is 24.3 Å². The van der Waals surface area contributed by atoms with E-state index in [1.807, 2.05) is 24.3 Å². The second-order valence-electron chi connectivity index (χ2n) is 3.02. The maximum absolute atomic E-state index is 9.25. The highest BCUT2D eigenvalue weighted by Gasteiger charge is 2.04. The molecule has 2 atom stereocenters. The molecule has 0 spiro atoms. The summed E-state index contributed by atoms with van der Waals surface area (Å²) >= 11 is 0. The Morgan fingerprint density at radius 3 is 1.75 bits per heavy atom. The van der Waals surface area contributed by atoms with Gasteiger partial charge in [0.05, 0.1) is 12.2 Å². The van der Waals surface area contributed by atoms with Gasteiger partial charge in [-0.2, -0.15) is 0 Å². The first-order valence-corrected chi connectivity index (χ1v) is 4.07. The highest BCUT2D eigenvalue weighted by atomic mass is 16.3. The Morgan fingerprint density at radius 2 is 1.42 bits per heavy atom. The van der Waals surface area contributed by atoms with Crippen molar-refractivity contribution < 1.29 is 10.2 Å². The summed E-state index contributed by atoms with van der Waals surface area (Å²) in [5.41, 5.74) is 1.68. The summed E-state index contributed by atoms with van der Waals surface area (Å²) in [4.78, 5) is 0. The fourth-order valence-corrected chi connectivity index (χ4v) is 1.08. The lowest BCUT2D eigenvalue weighted by Crippen LogP contribution is -1.95. The van der Waals surface area contributed by atoms with Crippen molar-refractivity contribution in [3.63, 3.8) is 0 Å². The van der Waals surface area contributed by atoms with E-state index in [4.69, 9.17) is 0 Å². The molecule has 0 aliphatic heterocycles. The van der Waals surface area contributed by atoms with E-state index in [9.17, 15) is 10.2 Å². The minimum atomic E-state index is -0.469. The molecule has 0 heterocycles. The highest BCUT2D eigenvalue weighted by molar-refractivity contribution is 5.25. The van der Waals surface area contributed by atoms with Gasteiger partial charge in [-0.25, -0.2) is 0 Å². The maximum Gasteiger partial charge on any atom is 0.0762 e. The Hall–Kier alpha value is -0.860. The van der Waals surface area contributed by atoms with Gasteiger partial charge in [-0.3, -0.25) is 0 Å². The van der Waals surface area contributed by atoms with E-state index in [1.165, 1.54) is 0 Å². The minimum Gasteiger partial charge on any atom is -0.389 e. The Kier molecular flexibility index (Phi) is 2.84. The van der Waals surface area contributed by atoms with E-state index in [-0.39, 0.29) is 0 Å². The summed E-state index contributed by atoms with van der Waals surface area (Å²) in [6.45, 7) is 3.42. The molecule has 1 aromatic rings. The molecule has 2 heteroatoms. The summed E-state index contributed by atoms with van der Waals surface area (Å²) in [6.07, 6.45) is -0.938. The average molecular weight is 166 g/mol. The van der Waals surface area contributed by atoms with Crippen LogP contribution in [0.1, 0.15) is 37.2 Å². The normalized spacial score (nSPS) is 15.7. The van der Waals surface area contributed by atoms with E-state index >= 15 is 0 Å². The molecule has 2 nitrogen and oxygen atoms in total. The van der Waals surface area contributed by atoms with E-state index in [1.54, 1.807) is 13.8 Å². The van der Waals surface area contributed by atoms with Crippen LogP contribution in [0.25, 0.3) is 0 Å². The standard InChI is InChI=1S/C10H14O2/c1-7(11)9-4-3-5-10(6-9)8(2)12/h3-8,11-12H,1-2H3/t7-,8-/m1/s1. The van der Waals surface area contributed by atoms with Gasteiger partial charge in [-0.1, -0.05) is 24.3 Å². The summed E-state index contributed by atoms with van der Waals surface area (Å²) in [5.74, 6) is 0. The molecule has 0 fully saturated rings. The van der Waals surface area contributed by atoms with Crippen LogP contribution >= 0.6 is 0 Å². The average Bonchev–Trinajstić information content (AvgIpc) is 2.04. The van der Waals surface area contributed by atoms with Crippen molar-refractivity contribution in [1.82, 2.24) is 0 Å². The van der Waals surface area contributed by atoms with Crippen molar-refractivity contribution in [3.05, 3.63) is 35.4 Å². The van der Waals surface area contributed by atoms with E-state index in [2.05, 4.69) is 0 Å². The molecule has 0 saturated carbocycles. The molecule has 0 aromatic heterocycles. The van der Waals surface area contributed by atoms with Gasteiger partial charge in [-0.15, -0.1) is 0 Å². The first-order chi connectivity index (χ1) is 5.61. The fourth-order valence-electron chi connectivity index (χ4n) is 1.08. The SMILES string of the molecule is C[C@@H](O)c1cccc([C@@H](C)O)c1. The molecule has 0 aliphatic rings. The summed E-state index contributed by atoms with van der Waals surface area (Å²) in [6, 6.07) is 7.34. The van der Waals surface area contributed by atoms with Crippen LogP contribution < -0.4 is 0 Å². The van der Waals surface area contributed by atoms with Gasteiger partial charge in [0.1, 0.15) is 0 Å². The predicted octanol–water partition coefficient (Wildman–Crippen LogP) is 1.79. The van der Waals surface area contributed by atoms with Crippen molar-refractivity contribution in [1.29, 1.82) is 0 Å². The zero-order chi connectivity index (χ0) is 9.14. The van der Waals surface area contributed by atoms with E-state index < -0.39 is 12.2 Å². The Balaban J connectivity index is 2.96. The molecular formula is C10H14O2. The second kappa shape index (κ2) is 3.70. The zero-order valence-electron chi connectivity index (χ0n) is 7.36. The van der Waals surface area contributed by atoms with Crippen molar-refractivity contribution in [2.24, 2.45) is 0 Å². The van der Waals surface area contributed by atoms with Gasteiger partial charge in [0.2, 0.25) is 0 Å². The van der Waals surface area contributed by atoms with Gasteiger partial charge in [0.25, 0.3) is 0 Å². The molecule has 0 amide bonds. The monoisotopic (exact) mass is 166 g/mol. The van der Waals surface area contributed by atoms with Gasteiger partial charge in [0, 0.05) is 0 Å². The molecule has 0 bridgehead atoms. The molecule has 0 saturated heterocycles. The molecule has 1 aromatic carbocycles. The number of aliphatic hydroxyl groups excluding tert-OH is 2. The van der Waals surface area contributed by atoms with Crippen LogP contribution in [0.2, 0.25) is 0 Å². The van der Waals surface area contributed by atoms with Crippen LogP contribution in [-0.2, 0) is 0 Å². The van der Waals surface area contributed by atoms with Crippen molar-refractivity contribution in [2.75, 3.05) is 0 Å². The van der Waals surface area contributed by atoms with Crippen molar-refractivity contribution in [3.8, 4) is 0 Å². The van der Waals surface area contributed by atoms with Crippen LogP contribution in [0.3, 0.4) is 0 Å². The number of aliphatic hydroxyl groups is 2. The third-order valence-electron chi connectivity index (χ3n) is 1.88. The molecule has 0 aliphatic carbocycles. The zero-order valence-corrected chi connectivity index (χ0v) is 7.36. The smallest absolute Gasteiger partial charge is 0.0762 e. The van der Waals surface area contributed by atoms with Crippen LogP contribution in [0, 0.1) is 0 Å². The summed E-state index contributed by atoms with van der Waals surface area (Å²) in [5, 5.41) is 18.5. The molecule has 12 heavy (non-hydrogen) atoms. The Labute approximate surface area is 72.5 Å². The fraction of sp³-hybridized carbons (Fsp3) is 0.400. The lowest BCUT2D eigenvalue weighted by atomic mass is 10.0. The summed E-state index contributed by atoms with van der Waals surface area (Å²) in [7, 11) is 0. The van der Waals surface area contributed by atoms with Gasteiger partial charge in [0.15, 0.2) is 0 Å². The van der Waals surface area contributed by atoms with Crippen LogP contribution in [-0.4, -0.2) is 10.2 Å². The number of rotatable bonds is 2. The van der Waals surface area contributed by atoms with Crippen LogP contribution in [0.4, 0.5) is 0 Å². The third-order valence-corrected chi connectivity index (χ3v) is 1.88. The maximum atomic E-state index is 9.25. The van der Waals surface area contributed by atoms with Gasteiger partial charge in [-0.05, 0) is 25.0 Å². The lowest BCUT2D eigenvalue weighted by molar-refractivity contribution is 0.192. The number of hydrogen-bond donors (Lipinski definition) is 2. The molecule has 2 N–H and O–H groups in total. The lowest BCUT2D eigenvalue weighted by Gasteiger charge is -2.08. The topological polar surface area (TPSA) is 40.5 Å². The third kappa shape index (κ3) is 2.06. The molecule has 0 unspecified atom stereocenters. The Bertz CT molecular complexity index is 231. The van der Waals surface area contributed by atoms with Gasteiger partial charge >= 0.3 is 0 Å². The number of hydrogen-bond acceptors (Lipinski definition) is 2. The highest BCUT2D eigenvalue weighted by Crippen LogP contribution is 2.17. The summed E-state index contributed by atoms with van der Waals surface area (Å²) < 4.78 is 0. The minimum absolute atomic E-state index is 0.469. The van der Waals surface area contributed by atoms with Crippen molar-refractivity contribution in [2.45, 2.75) is 26.1 Å². The largest absolute Gasteiger partial charge is 0.389 e. The Morgan fingerprint density at radius 1 is 1.00 bits per heavy atom. The van der Waals surface area contributed by atoms with Crippen molar-refractivity contribution >= 4 is 0 Å². The quantitative estimate of drug-likeness (QED) is 0.703. The molecule has 0 radical (unpaired) electrons. The van der Waals surface area contributed by atoms with Crippen LogP contribution in [0.5, 0.6) is 0 Å². The van der Waals surface area contributed by atoms with E-state index in [0.29, 0.717) is 0 Å². The molecular weight excluding hydrogens is 152 g/mol. The molecule has 1 rings (SSSR count). The first-order valence-electron chi connectivity index (χ1n) is 4.07. The molecule has 66 valence electrons. The second-order valence-corrected chi connectivity index (χ2v) is 3.02. The van der Waals surface area contributed by atoms with E-state index in [0.717, 1.165) is 11.1 Å². The predicted molar refractivity (Wildman–Crippen MR) is 47.7 cm³/mol. The first kappa shape index (κ1) is 9.23. The van der Waals surface area contributed by atoms with Gasteiger partial charge < -0.3 is 10.2 Å². The number of benzene rings is 1.